The fourth-order valence-corrected chi connectivity index (χ4v) is 3.01. The van der Waals surface area contributed by atoms with Crippen molar-refractivity contribution < 1.29 is 0 Å². The number of aromatic nitrogens is 4. The highest BCUT2D eigenvalue weighted by molar-refractivity contribution is 7.99. The summed E-state index contributed by atoms with van der Waals surface area (Å²) in [7, 11) is 0. The molecule has 0 aliphatic carbocycles. The molecule has 0 spiro atoms. The van der Waals surface area contributed by atoms with Crippen molar-refractivity contribution in [2.45, 2.75) is 9.79 Å². The maximum atomic E-state index is 4.50. The number of aromatic amines is 1. The molecule has 2 heterocycles. The first-order valence-corrected chi connectivity index (χ1v) is 8.16. The highest BCUT2D eigenvalue weighted by atomic mass is 32.2. The van der Waals surface area contributed by atoms with Crippen LogP contribution in [-0.2, 0) is 0 Å². The van der Waals surface area contributed by atoms with E-state index < -0.39 is 0 Å². The number of benzene rings is 1. The van der Waals surface area contributed by atoms with Gasteiger partial charge in [-0.25, -0.2) is 15.0 Å². The minimum atomic E-state index is 0.651. The molecule has 0 saturated carbocycles. The molecule has 0 bridgehead atoms. The molecule has 0 fully saturated rings. The molecule has 0 amide bonds. The predicted molar refractivity (Wildman–Crippen MR) is 80.7 cm³/mol. The van der Waals surface area contributed by atoms with E-state index in [2.05, 4.69) is 50.6 Å². The third-order valence-electron chi connectivity index (χ3n) is 2.80. The van der Waals surface area contributed by atoms with Crippen molar-refractivity contribution in [3.63, 3.8) is 0 Å². The van der Waals surface area contributed by atoms with E-state index >= 15 is 0 Å². The zero-order valence-electron chi connectivity index (χ0n) is 10.5. The fraction of sp³-hybridized carbons (Fsp3) is 0.154. The fourth-order valence-electron chi connectivity index (χ4n) is 1.87. The second-order valence-electron chi connectivity index (χ2n) is 3.88. The molecule has 3 aromatic rings. The largest absolute Gasteiger partial charge is 0.321 e. The number of rotatable bonds is 3. The topological polar surface area (TPSA) is 54.5 Å². The zero-order valence-corrected chi connectivity index (χ0v) is 12.2. The summed E-state index contributed by atoms with van der Waals surface area (Å²) < 4.78 is 0. The van der Waals surface area contributed by atoms with Gasteiger partial charge in [0.15, 0.2) is 11.3 Å². The molecule has 1 aromatic carbocycles. The van der Waals surface area contributed by atoms with Crippen molar-refractivity contribution in [2.24, 2.45) is 0 Å². The molecule has 2 aromatic heterocycles. The van der Waals surface area contributed by atoms with Gasteiger partial charge in [0.05, 0.1) is 0 Å². The van der Waals surface area contributed by atoms with Crippen LogP contribution in [-0.4, -0.2) is 32.4 Å². The van der Waals surface area contributed by atoms with Crippen LogP contribution in [0.3, 0.4) is 0 Å². The summed E-state index contributed by atoms with van der Waals surface area (Å²) in [5.74, 6) is 0.818. The van der Waals surface area contributed by atoms with Crippen LogP contribution >= 0.6 is 23.5 Å². The molecule has 1 N–H and O–H groups in total. The van der Waals surface area contributed by atoms with Crippen molar-refractivity contribution in [1.29, 1.82) is 0 Å². The Bertz CT molecular complexity index is 690. The van der Waals surface area contributed by atoms with Gasteiger partial charge >= 0.3 is 0 Å². The van der Waals surface area contributed by atoms with E-state index in [9.17, 15) is 0 Å². The molecule has 4 nitrogen and oxygen atoms in total. The SMILES string of the molecule is CSc1ccc(-c2nc3nccnc3[nH]2)c(SC)c1. The van der Waals surface area contributed by atoms with E-state index in [0.717, 1.165) is 17.0 Å². The molecular formula is C13H12N4S2. The average molecular weight is 288 g/mol. The number of nitrogens with zero attached hydrogens (tertiary/aromatic N) is 3. The van der Waals surface area contributed by atoms with Crippen molar-refractivity contribution in [1.82, 2.24) is 19.9 Å². The highest BCUT2D eigenvalue weighted by Crippen LogP contribution is 2.32. The van der Waals surface area contributed by atoms with E-state index in [1.54, 1.807) is 35.9 Å². The Morgan fingerprint density at radius 3 is 2.63 bits per heavy atom. The Balaban J connectivity index is 2.15. The van der Waals surface area contributed by atoms with Gasteiger partial charge in [0.1, 0.15) is 5.82 Å². The molecule has 0 saturated heterocycles. The number of hydrogen-bond acceptors (Lipinski definition) is 5. The van der Waals surface area contributed by atoms with Crippen molar-refractivity contribution in [3.8, 4) is 11.4 Å². The first-order valence-electron chi connectivity index (χ1n) is 5.71. The lowest BCUT2D eigenvalue weighted by Crippen LogP contribution is -1.85. The van der Waals surface area contributed by atoms with Gasteiger partial charge in [-0.15, -0.1) is 23.5 Å². The summed E-state index contributed by atoms with van der Waals surface area (Å²) in [6, 6.07) is 6.38. The number of imidazole rings is 1. The van der Waals surface area contributed by atoms with Gasteiger partial charge in [-0.2, -0.15) is 0 Å². The van der Waals surface area contributed by atoms with Gasteiger partial charge in [0.25, 0.3) is 0 Å². The quantitative estimate of drug-likeness (QED) is 0.748. The summed E-state index contributed by atoms with van der Waals surface area (Å²) in [5, 5.41) is 0. The standard InChI is InChI=1S/C13H12N4S2/c1-18-8-3-4-9(10(7-8)19-2)11-16-12-13(17-11)15-6-5-14-12/h3-7H,1-2H3,(H,14,15,16,17). The third kappa shape index (κ3) is 2.33. The summed E-state index contributed by atoms with van der Waals surface area (Å²) >= 11 is 3.45. The molecule has 0 unspecified atom stereocenters. The van der Waals surface area contributed by atoms with E-state index in [4.69, 9.17) is 0 Å². The van der Waals surface area contributed by atoms with Crippen molar-refractivity contribution in [3.05, 3.63) is 30.6 Å². The lowest BCUT2D eigenvalue weighted by molar-refractivity contribution is 1.25. The van der Waals surface area contributed by atoms with Gasteiger partial charge in [-0.3, -0.25) is 0 Å². The maximum Gasteiger partial charge on any atom is 0.197 e. The van der Waals surface area contributed by atoms with Gasteiger partial charge in [-0.05, 0) is 30.7 Å². The lowest BCUT2D eigenvalue weighted by Gasteiger charge is -2.06. The summed E-state index contributed by atoms with van der Waals surface area (Å²) in [6.07, 6.45) is 7.46. The van der Waals surface area contributed by atoms with E-state index in [-0.39, 0.29) is 0 Å². The zero-order chi connectivity index (χ0) is 13.2. The average Bonchev–Trinajstić information content (AvgIpc) is 2.90. The Kier molecular flexibility index (Phi) is 3.44. The van der Waals surface area contributed by atoms with Gasteiger partial charge in [-0.1, -0.05) is 0 Å². The van der Waals surface area contributed by atoms with Crippen LogP contribution in [0.1, 0.15) is 0 Å². The molecule has 6 heteroatoms. The second kappa shape index (κ2) is 5.22. The van der Waals surface area contributed by atoms with Crippen molar-refractivity contribution in [2.75, 3.05) is 12.5 Å². The van der Waals surface area contributed by atoms with Crippen molar-refractivity contribution >= 4 is 34.8 Å². The van der Waals surface area contributed by atoms with Crippen LogP contribution in [0.4, 0.5) is 0 Å². The smallest absolute Gasteiger partial charge is 0.197 e. The normalized spacial score (nSPS) is 11.1. The predicted octanol–water partition coefficient (Wildman–Crippen LogP) is 3.46. The number of fused-ring (bicyclic) bond motifs is 1. The van der Waals surface area contributed by atoms with Gasteiger partial charge in [0, 0.05) is 27.7 Å². The van der Waals surface area contributed by atoms with E-state index in [1.165, 1.54) is 9.79 Å². The van der Waals surface area contributed by atoms with E-state index in [0.29, 0.717) is 5.65 Å². The minimum absolute atomic E-state index is 0.651. The Morgan fingerprint density at radius 1 is 1.05 bits per heavy atom. The van der Waals surface area contributed by atoms with Gasteiger partial charge in [0.2, 0.25) is 0 Å². The molecule has 0 aliphatic heterocycles. The molecule has 3 rings (SSSR count). The number of H-pyrrole nitrogens is 1. The minimum Gasteiger partial charge on any atom is -0.321 e. The van der Waals surface area contributed by atoms with Crippen LogP contribution in [0.2, 0.25) is 0 Å². The van der Waals surface area contributed by atoms with Crippen LogP contribution in [0.15, 0.2) is 40.4 Å². The summed E-state index contributed by atoms with van der Waals surface area (Å²) in [6.45, 7) is 0. The lowest BCUT2D eigenvalue weighted by atomic mass is 10.2. The molecule has 0 atom stereocenters. The Labute approximate surface area is 119 Å². The number of hydrogen-bond donors (Lipinski definition) is 1. The molecule has 96 valence electrons. The first-order chi connectivity index (χ1) is 9.31. The molecule has 0 radical (unpaired) electrons. The highest BCUT2D eigenvalue weighted by Gasteiger charge is 2.11. The Morgan fingerprint density at radius 2 is 1.89 bits per heavy atom. The third-order valence-corrected chi connectivity index (χ3v) is 4.30. The number of thioether (sulfide) groups is 2. The molecule has 19 heavy (non-hydrogen) atoms. The summed E-state index contributed by atoms with van der Waals surface area (Å²) in [5.41, 5.74) is 2.46. The molecular weight excluding hydrogens is 276 g/mol. The first kappa shape index (κ1) is 12.5. The van der Waals surface area contributed by atoms with Crippen LogP contribution in [0.25, 0.3) is 22.7 Å². The second-order valence-corrected chi connectivity index (χ2v) is 5.61. The van der Waals surface area contributed by atoms with Crippen LogP contribution in [0, 0.1) is 0 Å². The van der Waals surface area contributed by atoms with E-state index in [1.807, 2.05) is 0 Å². The van der Waals surface area contributed by atoms with Crippen LogP contribution < -0.4 is 0 Å². The maximum absolute atomic E-state index is 4.50. The monoisotopic (exact) mass is 288 g/mol. The Hall–Kier alpha value is -1.53. The summed E-state index contributed by atoms with van der Waals surface area (Å²) in [4.78, 5) is 18.6. The molecule has 0 aliphatic rings. The van der Waals surface area contributed by atoms with Crippen LogP contribution in [0.5, 0.6) is 0 Å². The number of nitrogens with one attached hydrogen (secondary N) is 1. The van der Waals surface area contributed by atoms with Gasteiger partial charge < -0.3 is 4.98 Å².